The van der Waals surface area contributed by atoms with Crippen LogP contribution < -0.4 is 0 Å². The van der Waals surface area contributed by atoms with Crippen LogP contribution in [0.15, 0.2) is 91.6 Å². The first-order chi connectivity index (χ1) is 15.3. The molecule has 0 unspecified atom stereocenters. The van der Waals surface area contributed by atoms with Crippen LogP contribution >= 0.6 is 0 Å². The molecule has 0 aliphatic heterocycles. The van der Waals surface area contributed by atoms with Gasteiger partial charge in [-0.2, -0.15) is 0 Å². The van der Waals surface area contributed by atoms with Gasteiger partial charge in [-0.1, -0.05) is 0 Å². The molecular weight excluding hydrogens is 559 g/mol. The predicted molar refractivity (Wildman–Crippen MR) is 136 cm³/mol. The molecule has 0 saturated heterocycles. The zero-order valence-corrected chi connectivity index (χ0v) is 23.3. The van der Waals surface area contributed by atoms with Crippen LogP contribution in [-0.2, 0) is 21.0 Å². The summed E-state index contributed by atoms with van der Waals surface area (Å²) in [6, 6.07) is 21.4. The first-order valence-corrected chi connectivity index (χ1v) is 17.4. The van der Waals surface area contributed by atoms with Crippen LogP contribution in [-0.4, -0.2) is 26.7 Å². The summed E-state index contributed by atoms with van der Waals surface area (Å²) in [5.41, 5.74) is 5.42. The van der Waals surface area contributed by atoms with E-state index in [4.69, 9.17) is 10.2 Å². The fourth-order valence-electron chi connectivity index (χ4n) is 3.34. The summed E-state index contributed by atoms with van der Waals surface area (Å²) in [6.07, 6.45) is 11.5. The number of hydrogen-bond acceptors (Lipinski definition) is 2. The Kier molecular flexibility index (Phi) is 11.2. The molecular formula is C29H36HfO2. The molecule has 2 aromatic carbocycles. The average molecular weight is 595 g/mol. The van der Waals surface area contributed by atoms with E-state index in [2.05, 4.69) is 89.2 Å². The van der Waals surface area contributed by atoms with E-state index in [0.717, 1.165) is 12.8 Å². The SMILES string of the molecule is CC(C)O.CC(C)O.[CH2]=[Hf]([C]1=CC(c2ccccc2)=CC1)[C]1=CC(c2ccccc2)=CC1. The predicted octanol–water partition coefficient (Wildman–Crippen LogP) is 6.55. The van der Waals surface area contributed by atoms with Crippen LogP contribution in [0.3, 0.4) is 0 Å². The maximum absolute atomic E-state index is 8.06. The Hall–Kier alpha value is -1.94. The van der Waals surface area contributed by atoms with Crippen molar-refractivity contribution < 1.29 is 31.2 Å². The van der Waals surface area contributed by atoms with E-state index in [1.165, 1.54) is 22.3 Å². The molecule has 0 saturated carbocycles. The molecule has 0 spiro atoms. The molecule has 2 nitrogen and oxygen atoms in total. The molecule has 168 valence electrons. The molecule has 0 heterocycles. The van der Waals surface area contributed by atoms with Crippen LogP contribution in [0.25, 0.3) is 11.1 Å². The molecule has 0 radical (unpaired) electrons. The summed E-state index contributed by atoms with van der Waals surface area (Å²) in [4.78, 5) is 0. The number of aliphatic hydroxyl groups is 2. The Morgan fingerprint density at radius 2 is 0.969 bits per heavy atom. The second kappa shape index (κ2) is 13.6. The Morgan fingerprint density at radius 1 is 0.656 bits per heavy atom. The Balaban J connectivity index is 0.000000395. The monoisotopic (exact) mass is 596 g/mol. The number of benzene rings is 2. The normalized spacial score (nSPS) is 14.5. The molecule has 2 aromatic rings. The first kappa shape index (κ1) is 26.3. The summed E-state index contributed by atoms with van der Waals surface area (Å²) in [6.45, 7) is 6.89. The van der Waals surface area contributed by atoms with Crippen LogP contribution in [0.5, 0.6) is 0 Å². The van der Waals surface area contributed by atoms with Crippen molar-refractivity contribution in [2.24, 2.45) is 0 Å². The summed E-state index contributed by atoms with van der Waals surface area (Å²) in [5, 5.41) is 16.1. The van der Waals surface area contributed by atoms with Crippen LogP contribution in [0.4, 0.5) is 0 Å². The quantitative estimate of drug-likeness (QED) is 0.394. The molecule has 0 fully saturated rings. The van der Waals surface area contributed by atoms with Gasteiger partial charge in [0, 0.05) is 12.2 Å². The third kappa shape index (κ3) is 8.90. The van der Waals surface area contributed by atoms with E-state index < -0.39 is 21.0 Å². The fraction of sp³-hybridized carbons (Fsp3) is 0.276. The second-order valence-electron chi connectivity index (χ2n) is 8.46. The van der Waals surface area contributed by atoms with Crippen LogP contribution in [0.1, 0.15) is 51.7 Å². The molecule has 0 atom stereocenters. The number of rotatable bonds is 4. The van der Waals surface area contributed by atoms with E-state index >= 15 is 0 Å². The van der Waals surface area contributed by atoms with E-state index in [0.29, 0.717) is 0 Å². The number of hydrogen-bond donors (Lipinski definition) is 2. The van der Waals surface area contributed by atoms with Crippen molar-refractivity contribution in [3.8, 4) is 0 Å². The van der Waals surface area contributed by atoms with Crippen molar-refractivity contribution in [1.82, 2.24) is 0 Å². The van der Waals surface area contributed by atoms with Gasteiger partial charge in [-0.25, -0.2) is 0 Å². The summed E-state index contributed by atoms with van der Waals surface area (Å²) in [7, 11) is 0. The molecule has 0 aromatic heterocycles. The molecule has 0 bridgehead atoms. The molecule has 32 heavy (non-hydrogen) atoms. The Bertz CT molecular complexity index is 907. The van der Waals surface area contributed by atoms with Gasteiger partial charge in [-0.05, 0) is 27.7 Å². The van der Waals surface area contributed by atoms with Crippen molar-refractivity contribution in [2.45, 2.75) is 52.7 Å². The molecule has 0 amide bonds. The van der Waals surface area contributed by atoms with Gasteiger partial charge < -0.3 is 10.2 Å². The topological polar surface area (TPSA) is 40.5 Å². The molecule has 2 aliphatic rings. The second-order valence-corrected chi connectivity index (χ2v) is 16.5. The third-order valence-electron chi connectivity index (χ3n) is 4.73. The van der Waals surface area contributed by atoms with Gasteiger partial charge in [0.25, 0.3) is 0 Å². The van der Waals surface area contributed by atoms with Gasteiger partial charge in [-0.3, -0.25) is 0 Å². The van der Waals surface area contributed by atoms with Crippen molar-refractivity contribution in [2.75, 3.05) is 0 Å². The van der Waals surface area contributed by atoms with E-state index in [1.807, 2.05) is 0 Å². The first-order valence-electron chi connectivity index (χ1n) is 11.3. The summed E-state index contributed by atoms with van der Waals surface area (Å²) >= 11 is -2.08. The maximum atomic E-state index is 8.06. The average Bonchev–Trinajstić information content (AvgIpc) is 3.44. The van der Waals surface area contributed by atoms with Crippen molar-refractivity contribution in [3.63, 3.8) is 0 Å². The van der Waals surface area contributed by atoms with Crippen molar-refractivity contribution in [1.29, 1.82) is 0 Å². The number of allylic oxidation sites excluding steroid dienone is 8. The zero-order chi connectivity index (χ0) is 23.5. The zero-order valence-electron chi connectivity index (χ0n) is 19.8. The number of aliphatic hydroxyl groups excluding tert-OH is 2. The molecule has 3 heteroatoms. The molecule has 2 aliphatic carbocycles. The molecule has 2 N–H and O–H groups in total. The van der Waals surface area contributed by atoms with Gasteiger partial charge in [0.05, 0.1) is 0 Å². The molecule has 4 rings (SSSR count). The van der Waals surface area contributed by atoms with Crippen LogP contribution in [0, 0.1) is 0 Å². The summed E-state index contributed by atoms with van der Waals surface area (Å²) in [5.74, 6) is 0. The Labute approximate surface area is 201 Å². The minimum absolute atomic E-state index is 0.167. The van der Waals surface area contributed by atoms with E-state index in [-0.39, 0.29) is 12.2 Å². The van der Waals surface area contributed by atoms with Gasteiger partial charge in [0.15, 0.2) is 0 Å². The fourth-order valence-corrected chi connectivity index (χ4v) is 9.70. The van der Waals surface area contributed by atoms with Gasteiger partial charge in [0.2, 0.25) is 0 Å². The van der Waals surface area contributed by atoms with E-state index in [9.17, 15) is 0 Å². The van der Waals surface area contributed by atoms with Crippen LogP contribution in [0.2, 0.25) is 0 Å². The third-order valence-corrected chi connectivity index (χ3v) is 12.8. The Morgan fingerprint density at radius 3 is 1.28 bits per heavy atom. The minimum atomic E-state index is -2.08. The van der Waals surface area contributed by atoms with Gasteiger partial charge >= 0.3 is 152 Å². The van der Waals surface area contributed by atoms with Crippen molar-refractivity contribution in [3.05, 3.63) is 103 Å². The van der Waals surface area contributed by atoms with E-state index in [1.54, 1.807) is 34.4 Å². The van der Waals surface area contributed by atoms with Crippen molar-refractivity contribution >= 4 is 15.4 Å². The van der Waals surface area contributed by atoms with Gasteiger partial charge in [0.1, 0.15) is 0 Å². The summed E-state index contributed by atoms with van der Waals surface area (Å²) < 4.78 is 7.93. The van der Waals surface area contributed by atoms with Gasteiger partial charge in [-0.15, -0.1) is 0 Å². The standard InChI is InChI=1S/2C11H9.2C3H8O.CH2.Hf/c2*1-2-6-10(7-3-1)11-8-4-5-9-11;2*1-3(2)4;;/h2*1-3,6-9H,4H2;2*3-4H,1-2H3;1H2;.